The highest BCUT2D eigenvalue weighted by Crippen LogP contribution is 2.36. The second kappa shape index (κ2) is 8.11. The van der Waals surface area contributed by atoms with Crippen LogP contribution >= 0.6 is 0 Å². The second-order valence-electron chi connectivity index (χ2n) is 6.43. The fraction of sp³-hybridized carbons (Fsp3) is 0.263. The van der Waals surface area contributed by atoms with Crippen LogP contribution in [-0.4, -0.2) is 53.7 Å². The van der Waals surface area contributed by atoms with Crippen LogP contribution in [0.15, 0.2) is 35.2 Å². The third-order valence-corrected chi connectivity index (χ3v) is 5.94. The second-order valence-corrected chi connectivity index (χ2v) is 8.08. The minimum absolute atomic E-state index is 0.116. The third kappa shape index (κ3) is 3.83. The lowest BCUT2D eigenvalue weighted by Crippen LogP contribution is -2.35. The number of nitrogens with one attached hydrogen (secondary N) is 2. The number of carbonyl (C=O) groups excluding carboxylic acids is 2. The van der Waals surface area contributed by atoms with Gasteiger partial charge in [-0.2, -0.15) is 0 Å². The Hall–Kier alpha value is -3.47. The smallest absolute Gasteiger partial charge is 0.345 e. The first-order valence-corrected chi connectivity index (χ1v) is 10.2. The van der Waals surface area contributed by atoms with Gasteiger partial charge in [-0.1, -0.05) is 0 Å². The number of esters is 1. The average molecular weight is 435 g/mol. The van der Waals surface area contributed by atoms with Crippen molar-refractivity contribution >= 4 is 33.4 Å². The number of urea groups is 1. The van der Waals surface area contributed by atoms with Gasteiger partial charge >= 0.3 is 12.0 Å². The summed E-state index contributed by atoms with van der Waals surface area (Å²) >= 11 is 0. The number of sulfonamides is 1. The van der Waals surface area contributed by atoms with E-state index in [4.69, 9.17) is 14.2 Å². The molecule has 3 rings (SSSR count). The fourth-order valence-corrected chi connectivity index (χ4v) is 4.31. The van der Waals surface area contributed by atoms with Gasteiger partial charge in [-0.25, -0.2) is 18.0 Å². The highest BCUT2D eigenvalue weighted by Gasteiger charge is 2.29. The monoisotopic (exact) mass is 435 g/mol. The summed E-state index contributed by atoms with van der Waals surface area (Å²) in [5, 5.41) is 2.71. The van der Waals surface area contributed by atoms with Gasteiger partial charge in [0.2, 0.25) is 0 Å². The molecule has 0 saturated heterocycles. The molecule has 1 aliphatic rings. The van der Waals surface area contributed by atoms with E-state index in [1.54, 1.807) is 19.2 Å². The maximum Gasteiger partial charge on any atom is 0.345 e. The van der Waals surface area contributed by atoms with E-state index in [1.165, 1.54) is 44.4 Å². The quantitative estimate of drug-likeness (QED) is 0.667. The van der Waals surface area contributed by atoms with Crippen molar-refractivity contribution in [2.75, 3.05) is 38.4 Å². The molecular formula is C19H21N3O7S. The molecule has 0 radical (unpaired) electrons. The first-order valence-electron chi connectivity index (χ1n) is 8.73. The van der Waals surface area contributed by atoms with E-state index in [2.05, 4.69) is 10.0 Å². The molecule has 2 aromatic rings. The van der Waals surface area contributed by atoms with Crippen molar-refractivity contribution < 1.29 is 32.2 Å². The Bertz CT molecular complexity index is 1120. The number of amides is 2. The number of methoxy groups -OCH3 is 3. The Morgan fingerprint density at radius 2 is 1.87 bits per heavy atom. The predicted molar refractivity (Wildman–Crippen MR) is 109 cm³/mol. The van der Waals surface area contributed by atoms with Crippen molar-refractivity contribution in [3.8, 4) is 11.5 Å². The lowest BCUT2D eigenvalue weighted by atomic mass is 10.1. The summed E-state index contributed by atoms with van der Waals surface area (Å²) < 4.78 is 43.7. The maximum absolute atomic E-state index is 13.1. The first kappa shape index (κ1) is 21.2. The number of hydrogen-bond donors (Lipinski definition) is 2. The molecule has 0 unspecified atom stereocenters. The first-order chi connectivity index (χ1) is 14.2. The molecule has 30 heavy (non-hydrogen) atoms. The highest BCUT2D eigenvalue weighted by atomic mass is 32.2. The van der Waals surface area contributed by atoms with Crippen LogP contribution in [0.4, 0.5) is 16.2 Å². The van der Waals surface area contributed by atoms with Crippen LogP contribution < -0.4 is 19.5 Å². The molecule has 1 aliphatic heterocycles. The van der Waals surface area contributed by atoms with E-state index in [0.29, 0.717) is 12.2 Å². The molecule has 160 valence electrons. The molecule has 1 heterocycles. The maximum atomic E-state index is 13.1. The van der Waals surface area contributed by atoms with Crippen molar-refractivity contribution in [3.63, 3.8) is 0 Å². The van der Waals surface area contributed by atoms with E-state index in [-0.39, 0.29) is 33.7 Å². The molecule has 11 heteroatoms. The Labute approximate surface area is 173 Å². The van der Waals surface area contributed by atoms with Crippen LogP contribution in [0.3, 0.4) is 0 Å². The number of ether oxygens (including phenoxy) is 3. The van der Waals surface area contributed by atoms with Crippen molar-refractivity contribution in [3.05, 3.63) is 41.5 Å². The summed E-state index contributed by atoms with van der Waals surface area (Å²) in [6.07, 6.45) is 0. The van der Waals surface area contributed by atoms with Gasteiger partial charge in [0.15, 0.2) is 5.75 Å². The normalized spacial score (nSPS) is 13.2. The number of benzene rings is 2. The third-order valence-electron chi connectivity index (χ3n) is 4.54. The van der Waals surface area contributed by atoms with Gasteiger partial charge < -0.3 is 24.4 Å². The number of anilines is 2. The summed E-state index contributed by atoms with van der Waals surface area (Å²) in [6, 6.07) is 7.15. The molecule has 10 nitrogen and oxygen atoms in total. The lowest BCUT2D eigenvalue weighted by Gasteiger charge is -2.26. The van der Waals surface area contributed by atoms with Gasteiger partial charge in [0.05, 0.1) is 21.3 Å². The number of carbonyl (C=O) groups is 2. The van der Waals surface area contributed by atoms with Crippen LogP contribution in [0.2, 0.25) is 0 Å². The Morgan fingerprint density at radius 1 is 1.13 bits per heavy atom. The summed E-state index contributed by atoms with van der Waals surface area (Å²) in [5.41, 5.74) is 1.50. The summed E-state index contributed by atoms with van der Waals surface area (Å²) in [4.78, 5) is 25.1. The van der Waals surface area contributed by atoms with Crippen LogP contribution in [-0.2, 0) is 21.3 Å². The van der Waals surface area contributed by atoms with E-state index in [9.17, 15) is 18.0 Å². The Balaban J connectivity index is 2.02. The van der Waals surface area contributed by atoms with Crippen molar-refractivity contribution in [1.82, 2.24) is 4.90 Å². The van der Waals surface area contributed by atoms with Gasteiger partial charge in [-0.15, -0.1) is 0 Å². The molecule has 0 bridgehead atoms. The lowest BCUT2D eigenvalue weighted by molar-refractivity contribution is 0.0592. The summed E-state index contributed by atoms with van der Waals surface area (Å²) in [7, 11) is 1.26. The average Bonchev–Trinajstić information content (AvgIpc) is 2.72. The van der Waals surface area contributed by atoms with Gasteiger partial charge in [0, 0.05) is 25.0 Å². The van der Waals surface area contributed by atoms with Crippen LogP contribution in [0.5, 0.6) is 11.5 Å². The molecule has 2 aromatic carbocycles. The van der Waals surface area contributed by atoms with Crippen LogP contribution in [0.25, 0.3) is 0 Å². The van der Waals surface area contributed by atoms with Crippen LogP contribution in [0.1, 0.15) is 15.9 Å². The van der Waals surface area contributed by atoms with Gasteiger partial charge in [0.1, 0.15) is 16.2 Å². The standard InChI is InChI=1S/C19H21N3O7S/c1-22-10-11-9-12(5-6-13(11)20-19(22)24)21-30(25,26)15-8-7-14(27-2)16(17(15)28-3)18(23)29-4/h5-9,21H,10H2,1-4H3,(H,20,24). The minimum Gasteiger partial charge on any atom is -0.496 e. The summed E-state index contributed by atoms with van der Waals surface area (Å²) in [5.74, 6) is -0.878. The number of hydrogen-bond acceptors (Lipinski definition) is 7. The van der Waals surface area contributed by atoms with Gasteiger partial charge in [-0.05, 0) is 35.9 Å². The molecular weight excluding hydrogens is 414 g/mol. The molecule has 0 aliphatic carbocycles. The topological polar surface area (TPSA) is 123 Å². The SMILES string of the molecule is COC(=O)c1c(OC)ccc(S(=O)(=O)Nc2ccc3c(c2)CN(C)C(=O)N3)c1OC. The Morgan fingerprint density at radius 3 is 2.50 bits per heavy atom. The van der Waals surface area contributed by atoms with E-state index < -0.39 is 16.0 Å². The van der Waals surface area contributed by atoms with Crippen molar-refractivity contribution in [2.45, 2.75) is 11.4 Å². The Kier molecular flexibility index (Phi) is 5.74. The van der Waals surface area contributed by atoms with E-state index >= 15 is 0 Å². The van der Waals surface area contributed by atoms with Gasteiger partial charge in [-0.3, -0.25) is 4.72 Å². The number of nitrogens with zero attached hydrogens (tertiary/aromatic N) is 1. The highest BCUT2D eigenvalue weighted by molar-refractivity contribution is 7.92. The number of fused-ring (bicyclic) bond motifs is 1. The zero-order chi connectivity index (χ0) is 22.1. The van der Waals surface area contributed by atoms with Crippen molar-refractivity contribution in [2.24, 2.45) is 0 Å². The minimum atomic E-state index is -4.14. The molecule has 0 fully saturated rings. The van der Waals surface area contributed by atoms with Crippen molar-refractivity contribution in [1.29, 1.82) is 0 Å². The molecule has 0 atom stereocenters. The van der Waals surface area contributed by atoms with E-state index in [0.717, 1.165) is 5.56 Å². The molecule has 2 N–H and O–H groups in total. The molecule has 0 spiro atoms. The molecule has 0 aromatic heterocycles. The van der Waals surface area contributed by atoms with Crippen LogP contribution in [0, 0.1) is 0 Å². The van der Waals surface area contributed by atoms with Gasteiger partial charge in [0.25, 0.3) is 10.0 Å². The summed E-state index contributed by atoms with van der Waals surface area (Å²) in [6.45, 7) is 0.328. The van der Waals surface area contributed by atoms with E-state index in [1.807, 2.05) is 0 Å². The predicted octanol–water partition coefficient (Wildman–Crippen LogP) is 2.27. The zero-order valence-corrected chi connectivity index (χ0v) is 17.6. The zero-order valence-electron chi connectivity index (χ0n) is 16.8. The molecule has 2 amide bonds. The largest absolute Gasteiger partial charge is 0.496 e. The number of rotatable bonds is 6. The molecule has 0 saturated carbocycles. The fourth-order valence-electron chi connectivity index (χ4n) is 3.08.